The van der Waals surface area contributed by atoms with Crippen LogP contribution in [0, 0.1) is 13.8 Å². The monoisotopic (exact) mass is 411 g/mol. The molecule has 1 unspecified atom stereocenters. The van der Waals surface area contributed by atoms with E-state index in [9.17, 15) is 4.79 Å². The number of para-hydroxylation sites is 1. The molecular weight excluding hydrogens is 386 g/mol. The molecule has 0 bridgehead atoms. The molecular formula is C25H25N5O. The maximum atomic E-state index is 13.1. The Kier molecular flexibility index (Phi) is 5.80. The van der Waals surface area contributed by atoms with Gasteiger partial charge in [-0.05, 0) is 67.8 Å². The third kappa shape index (κ3) is 4.48. The fraction of sp³-hybridized carbons (Fsp3) is 0.160. The number of aromatic nitrogens is 3. The van der Waals surface area contributed by atoms with Crippen LogP contribution in [0.3, 0.4) is 0 Å². The van der Waals surface area contributed by atoms with Crippen LogP contribution in [0.4, 0.5) is 11.4 Å². The van der Waals surface area contributed by atoms with Gasteiger partial charge in [-0.1, -0.05) is 36.4 Å². The number of nitrogens with one attached hydrogen (secondary N) is 2. The molecule has 3 aromatic carbocycles. The molecule has 6 heteroatoms. The van der Waals surface area contributed by atoms with E-state index in [1.54, 1.807) is 11.0 Å². The second-order valence-electron chi connectivity index (χ2n) is 7.54. The minimum atomic E-state index is -0.147. The third-order valence-corrected chi connectivity index (χ3v) is 5.47. The van der Waals surface area contributed by atoms with Gasteiger partial charge in [0.15, 0.2) is 0 Å². The Labute approximate surface area is 182 Å². The van der Waals surface area contributed by atoms with E-state index >= 15 is 0 Å². The summed E-state index contributed by atoms with van der Waals surface area (Å²) < 4.78 is 1.70. The van der Waals surface area contributed by atoms with Gasteiger partial charge in [0.25, 0.3) is 5.91 Å². The lowest BCUT2D eigenvalue weighted by Crippen LogP contribution is -2.27. The first-order valence-electron chi connectivity index (χ1n) is 10.2. The Morgan fingerprint density at radius 1 is 0.935 bits per heavy atom. The van der Waals surface area contributed by atoms with Gasteiger partial charge < -0.3 is 10.6 Å². The van der Waals surface area contributed by atoms with Gasteiger partial charge in [-0.3, -0.25) is 4.79 Å². The van der Waals surface area contributed by atoms with Crippen LogP contribution in [0.15, 0.2) is 79.4 Å². The van der Waals surface area contributed by atoms with E-state index in [1.807, 2.05) is 67.6 Å². The number of hydrogen-bond acceptors (Lipinski definition) is 4. The summed E-state index contributed by atoms with van der Waals surface area (Å²) >= 11 is 0. The Balaban J connectivity index is 1.50. The van der Waals surface area contributed by atoms with Crippen molar-refractivity contribution in [1.82, 2.24) is 20.1 Å². The van der Waals surface area contributed by atoms with Crippen LogP contribution >= 0.6 is 0 Å². The van der Waals surface area contributed by atoms with Crippen molar-refractivity contribution in [1.29, 1.82) is 0 Å². The van der Waals surface area contributed by atoms with Crippen LogP contribution in [0.5, 0.6) is 0 Å². The average Bonchev–Trinajstić information content (AvgIpc) is 3.32. The minimum absolute atomic E-state index is 0.124. The van der Waals surface area contributed by atoms with Gasteiger partial charge >= 0.3 is 0 Å². The molecule has 0 aliphatic rings. The highest BCUT2D eigenvalue weighted by Gasteiger charge is 2.15. The standard InChI is InChI=1S/C25H25N5O/c1-17-7-6-10-23(18(17)2)29-24-9-5-4-8-22(24)25(31)28-19(3)20-11-13-21(14-12-20)30-16-26-15-27-30/h4-16,19,29H,1-3H3,(H,28,31). The van der Waals surface area contributed by atoms with Gasteiger partial charge in [-0.2, -0.15) is 5.10 Å². The maximum Gasteiger partial charge on any atom is 0.253 e. The molecule has 0 fully saturated rings. The lowest BCUT2D eigenvalue weighted by molar-refractivity contribution is 0.0940. The van der Waals surface area contributed by atoms with Crippen molar-refractivity contribution in [3.63, 3.8) is 0 Å². The first-order valence-corrected chi connectivity index (χ1v) is 10.2. The van der Waals surface area contributed by atoms with Crippen LogP contribution in [0.2, 0.25) is 0 Å². The van der Waals surface area contributed by atoms with Crippen molar-refractivity contribution >= 4 is 17.3 Å². The smallest absolute Gasteiger partial charge is 0.253 e. The number of carbonyl (C=O) groups is 1. The first-order chi connectivity index (χ1) is 15.0. The summed E-state index contributed by atoms with van der Waals surface area (Å²) in [6.45, 7) is 6.13. The van der Waals surface area contributed by atoms with E-state index in [0.29, 0.717) is 5.56 Å². The zero-order valence-corrected chi connectivity index (χ0v) is 17.8. The van der Waals surface area contributed by atoms with Gasteiger partial charge in [0.2, 0.25) is 0 Å². The van der Waals surface area contributed by atoms with Gasteiger partial charge in [0.05, 0.1) is 23.0 Å². The highest BCUT2D eigenvalue weighted by atomic mass is 16.1. The number of benzene rings is 3. The van der Waals surface area contributed by atoms with Gasteiger partial charge in [-0.25, -0.2) is 9.67 Å². The molecule has 6 nitrogen and oxygen atoms in total. The molecule has 0 aliphatic carbocycles. The Hall–Kier alpha value is -3.93. The number of rotatable bonds is 6. The normalized spacial score (nSPS) is 11.7. The number of carbonyl (C=O) groups excluding carboxylic acids is 1. The van der Waals surface area contributed by atoms with Crippen molar-refractivity contribution in [2.75, 3.05) is 5.32 Å². The second kappa shape index (κ2) is 8.83. The molecule has 4 rings (SSSR count). The predicted octanol–water partition coefficient (Wildman–Crippen LogP) is 5.12. The summed E-state index contributed by atoms with van der Waals surface area (Å²) in [7, 11) is 0. The van der Waals surface area contributed by atoms with Crippen molar-refractivity contribution in [2.24, 2.45) is 0 Å². The van der Waals surface area contributed by atoms with Crippen LogP contribution in [-0.2, 0) is 0 Å². The van der Waals surface area contributed by atoms with Crippen LogP contribution in [0.25, 0.3) is 5.69 Å². The lowest BCUT2D eigenvalue weighted by Gasteiger charge is -2.18. The van der Waals surface area contributed by atoms with Crippen molar-refractivity contribution in [2.45, 2.75) is 26.8 Å². The molecule has 0 radical (unpaired) electrons. The van der Waals surface area contributed by atoms with E-state index in [2.05, 4.69) is 40.6 Å². The van der Waals surface area contributed by atoms with E-state index in [4.69, 9.17) is 0 Å². The van der Waals surface area contributed by atoms with Crippen molar-refractivity contribution in [3.05, 3.63) is 102 Å². The van der Waals surface area contributed by atoms with E-state index < -0.39 is 0 Å². The summed E-state index contributed by atoms with van der Waals surface area (Å²) in [6.07, 6.45) is 3.15. The van der Waals surface area contributed by atoms with Gasteiger partial charge in [0, 0.05) is 5.69 Å². The molecule has 156 valence electrons. The van der Waals surface area contributed by atoms with Crippen LogP contribution < -0.4 is 10.6 Å². The Bertz CT molecular complexity index is 1180. The third-order valence-electron chi connectivity index (χ3n) is 5.47. The molecule has 31 heavy (non-hydrogen) atoms. The average molecular weight is 412 g/mol. The van der Waals surface area contributed by atoms with Crippen LogP contribution in [0.1, 0.15) is 40.0 Å². The molecule has 2 N–H and O–H groups in total. The van der Waals surface area contributed by atoms with Crippen LogP contribution in [-0.4, -0.2) is 20.7 Å². The van der Waals surface area contributed by atoms with Crippen molar-refractivity contribution in [3.8, 4) is 5.69 Å². The number of aryl methyl sites for hydroxylation is 1. The molecule has 1 aromatic heterocycles. The summed E-state index contributed by atoms with van der Waals surface area (Å²) in [5.74, 6) is -0.124. The summed E-state index contributed by atoms with van der Waals surface area (Å²) in [5, 5.41) is 10.7. The number of amides is 1. The molecule has 0 aliphatic heterocycles. The SMILES string of the molecule is Cc1cccc(Nc2ccccc2C(=O)NC(C)c2ccc(-n3cncn3)cc2)c1C. The van der Waals surface area contributed by atoms with E-state index in [1.165, 1.54) is 17.5 Å². The summed E-state index contributed by atoms with van der Waals surface area (Å²) in [4.78, 5) is 17.0. The summed E-state index contributed by atoms with van der Waals surface area (Å²) in [6, 6.07) is 21.4. The van der Waals surface area contributed by atoms with Gasteiger partial charge in [-0.15, -0.1) is 0 Å². The molecule has 0 saturated carbocycles. The highest BCUT2D eigenvalue weighted by molar-refractivity contribution is 6.00. The Morgan fingerprint density at radius 2 is 1.68 bits per heavy atom. The fourth-order valence-electron chi connectivity index (χ4n) is 3.44. The zero-order valence-electron chi connectivity index (χ0n) is 17.8. The number of nitrogens with zero attached hydrogens (tertiary/aromatic N) is 3. The zero-order chi connectivity index (χ0) is 21.8. The summed E-state index contributed by atoms with van der Waals surface area (Å²) in [5.41, 5.74) is 6.68. The largest absolute Gasteiger partial charge is 0.355 e. The van der Waals surface area contributed by atoms with Crippen molar-refractivity contribution < 1.29 is 4.79 Å². The van der Waals surface area contributed by atoms with E-state index in [-0.39, 0.29) is 11.9 Å². The lowest BCUT2D eigenvalue weighted by atomic mass is 10.1. The topological polar surface area (TPSA) is 71.8 Å². The fourth-order valence-corrected chi connectivity index (χ4v) is 3.44. The predicted molar refractivity (Wildman–Crippen MR) is 123 cm³/mol. The minimum Gasteiger partial charge on any atom is -0.355 e. The molecule has 4 aromatic rings. The molecule has 1 heterocycles. The second-order valence-corrected chi connectivity index (χ2v) is 7.54. The Morgan fingerprint density at radius 3 is 2.42 bits per heavy atom. The quantitative estimate of drug-likeness (QED) is 0.462. The molecule has 1 atom stereocenters. The van der Waals surface area contributed by atoms with E-state index in [0.717, 1.165) is 22.6 Å². The highest BCUT2D eigenvalue weighted by Crippen LogP contribution is 2.26. The first kappa shape index (κ1) is 20.3. The van der Waals surface area contributed by atoms with Gasteiger partial charge in [0.1, 0.15) is 12.7 Å². The number of hydrogen-bond donors (Lipinski definition) is 2. The molecule has 0 spiro atoms. The number of anilines is 2. The molecule has 0 saturated heterocycles. The maximum absolute atomic E-state index is 13.1. The molecule has 1 amide bonds.